The van der Waals surface area contributed by atoms with Gasteiger partial charge in [-0.15, -0.1) is 24.8 Å². The number of amides is 1. The lowest BCUT2D eigenvalue weighted by Crippen LogP contribution is -2.45. The van der Waals surface area contributed by atoms with E-state index in [-0.39, 0.29) is 36.8 Å². The summed E-state index contributed by atoms with van der Waals surface area (Å²) in [4.78, 5) is 14.8. The Morgan fingerprint density at radius 1 is 1.22 bits per heavy atom. The van der Waals surface area contributed by atoms with Crippen molar-refractivity contribution in [3.05, 3.63) is 35.4 Å². The first-order valence-corrected chi connectivity index (χ1v) is 8.14. The van der Waals surface area contributed by atoms with Gasteiger partial charge >= 0.3 is 0 Å². The van der Waals surface area contributed by atoms with Gasteiger partial charge in [0.15, 0.2) is 0 Å². The molecular formula is C17H27Cl2N3O. The van der Waals surface area contributed by atoms with Crippen LogP contribution in [0.3, 0.4) is 0 Å². The maximum atomic E-state index is 12.3. The largest absolute Gasteiger partial charge is 0.348 e. The van der Waals surface area contributed by atoms with Gasteiger partial charge in [0.1, 0.15) is 0 Å². The molecule has 2 aliphatic rings. The molecule has 3 rings (SSSR count). The van der Waals surface area contributed by atoms with Crippen LogP contribution in [0.2, 0.25) is 0 Å². The number of hydrogen-bond acceptors (Lipinski definition) is 3. The summed E-state index contributed by atoms with van der Waals surface area (Å²) in [5.41, 5.74) is 2.03. The molecule has 0 bridgehead atoms. The molecule has 1 aromatic rings. The van der Waals surface area contributed by atoms with Crippen molar-refractivity contribution in [2.45, 2.75) is 38.3 Å². The molecule has 0 saturated carbocycles. The summed E-state index contributed by atoms with van der Waals surface area (Å²) in [5.74, 6) is 0.0620. The lowest BCUT2D eigenvalue weighted by atomic mass is 10.1. The van der Waals surface area contributed by atoms with E-state index in [1.807, 2.05) is 18.2 Å². The van der Waals surface area contributed by atoms with Crippen LogP contribution >= 0.6 is 24.8 Å². The molecule has 1 atom stereocenters. The van der Waals surface area contributed by atoms with Gasteiger partial charge in [-0.1, -0.05) is 12.1 Å². The highest BCUT2D eigenvalue weighted by Crippen LogP contribution is 2.14. The van der Waals surface area contributed by atoms with Crippen molar-refractivity contribution >= 4 is 30.7 Å². The van der Waals surface area contributed by atoms with E-state index in [0.29, 0.717) is 0 Å². The van der Waals surface area contributed by atoms with E-state index >= 15 is 0 Å². The average Bonchev–Trinajstić information content (AvgIpc) is 3.01. The Morgan fingerprint density at radius 3 is 2.70 bits per heavy atom. The monoisotopic (exact) mass is 359 g/mol. The Hall–Kier alpha value is -0.810. The van der Waals surface area contributed by atoms with E-state index < -0.39 is 0 Å². The van der Waals surface area contributed by atoms with Gasteiger partial charge < -0.3 is 10.6 Å². The Labute approximate surface area is 151 Å². The number of carbonyl (C=O) groups excluding carboxylic acids is 1. The quantitative estimate of drug-likeness (QED) is 0.868. The predicted molar refractivity (Wildman–Crippen MR) is 98.8 cm³/mol. The van der Waals surface area contributed by atoms with E-state index in [1.54, 1.807) is 0 Å². The number of benzene rings is 1. The van der Waals surface area contributed by atoms with Crippen LogP contribution in [0, 0.1) is 0 Å². The van der Waals surface area contributed by atoms with Crippen molar-refractivity contribution in [2.75, 3.05) is 26.2 Å². The summed E-state index contributed by atoms with van der Waals surface area (Å²) in [7, 11) is 0. The zero-order valence-corrected chi connectivity index (χ0v) is 15.1. The van der Waals surface area contributed by atoms with Gasteiger partial charge in [0.2, 0.25) is 0 Å². The summed E-state index contributed by atoms with van der Waals surface area (Å²) in [6.07, 6.45) is 4.82. The van der Waals surface area contributed by atoms with Crippen molar-refractivity contribution in [1.29, 1.82) is 0 Å². The molecule has 6 heteroatoms. The van der Waals surface area contributed by atoms with Gasteiger partial charge in [-0.3, -0.25) is 9.69 Å². The second-order valence-electron chi connectivity index (χ2n) is 6.20. The van der Waals surface area contributed by atoms with Crippen LogP contribution in [0.25, 0.3) is 0 Å². The Balaban J connectivity index is 0.00000132. The molecule has 1 amide bonds. The molecule has 2 heterocycles. The SMILES string of the molecule is Cl.Cl.O=C(N[C@H]1CCCNC1)c1cccc(CN2CCCC2)c1. The first-order valence-electron chi connectivity index (χ1n) is 8.14. The molecule has 0 radical (unpaired) electrons. The molecule has 0 aromatic heterocycles. The number of hydrogen-bond donors (Lipinski definition) is 2. The van der Waals surface area contributed by atoms with Crippen LogP contribution in [-0.4, -0.2) is 43.0 Å². The van der Waals surface area contributed by atoms with Gasteiger partial charge in [-0.25, -0.2) is 0 Å². The minimum atomic E-state index is 0. The van der Waals surface area contributed by atoms with Gasteiger partial charge in [-0.2, -0.15) is 0 Å². The van der Waals surface area contributed by atoms with Crippen molar-refractivity contribution in [3.8, 4) is 0 Å². The molecular weight excluding hydrogens is 333 g/mol. The fourth-order valence-electron chi connectivity index (χ4n) is 3.25. The topological polar surface area (TPSA) is 44.4 Å². The molecule has 0 spiro atoms. The number of nitrogens with one attached hydrogen (secondary N) is 2. The molecule has 1 aromatic carbocycles. The third kappa shape index (κ3) is 5.96. The second-order valence-corrected chi connectivity index (χ2v) is 6.20. The number of carbonyl (C=O) groups is 1. The number of halogens is 2. The molecule has 130 valence electrons. The van der Waals surface area contributed by atoms with E-state index in [0.717, 1.165) is 38.0 Å². The number of piperidine rings is 1. The van der Waals surface area contributed by atoms with E-state index in [9.17, 15) is 4.79 Å². The third-order valence-electron chi connectivity index (χ3n) is 4.43. The van der Waals surface area contributed by atoms with Crippen LogP contribution < -0.4 is 10.6 Å². The van der Waals surface area contributed by atoms with Crippen molar-refractivity contribution in [2.24, 2.45) is 0 Å². The molecule has 0 unspecified atom stereocenters. The summed E-state index contributed by atoms with van der Waals surface area (Å²) in [6.45, 7) is 5.29. The minimum Gasteiger partial charge on any atom is -0.348 e. The van der Waals surface area contributed by atoms with E-state index in [2.05, 4.69) is 21.6 Å². The standard InChI is InChI=1S/C17H25N3O.2ClH/c21-17(19-16-7-4-8-18-12-16)15-6-3-5-14(11-15)13-20-9-1-2-10-20;;/h3,5-6,11,16,18H,1-2,4,7-10,12-13H2,(H,19,21);2*1H/t16-;;/m0../s1. The lowest BCUT2D eigenvalue weighted by molar-refractivity contribution is 0.0930. The smallest absolute Gasteiger partial charge is 0.251 e. The molecule has 2 saturated heterocycles. The van der Waals surface area contributed by atoms with E-state index in [4.69, 9.17) is 0 Å². The van der Waals surface area contributed by atoms with E-state index in [1.165, 1.54) is 31.5 Å². The molecule has 2 fully saturated rings. The number of likely N-dealkylation sites (tertiary alicyclic amines) is 1. The Bertz CT molecular complexity index is 486. The van der Waals surface area contributed by atoms with Crippen LogP contribution in [0.5, 0.6) is 0 Å². The average molecular weight is 360 g/mol. The van der Waals surface area contributed by atoms with Crippen LogP contribution in [0.15, 0.2) is 24.3 Å². The Kier molecular flexibility index (Phi) is 8.92. The van der Waals surface area contributed by atoms with Crippen molar-refractivity contribution < 1.29 is 4.79 Å². The molecule has 23 heavy (non-hydrogen) atoms. The first-order chi connectivity index (χ1) is 10.3. The molecule has 0 aliphatic carbocycles. The summed E-state index contributed by atoms with van der Waals surface area (Å²) in [6, 6.07) is 8.35. The highest BCUT2D eigenvalue weighted by molar-refractivity contribution is 5.94. The van der Waals surface area contributed by atoms with Crippen LogP contribution in [0.1, 0.15) is 41.6 Å². The van der Waals surface area contributed by atoms with Crippen LogP contribution in [-0.2, 0) is 6.54 Å². The highest BCUT2D eigenvalue weighted by atomic mass is 35.5. The van der Waals surface area contributed by atoms with Crippen molar-refractivity contribution in [3.63, 3.8) is 0 Å². The highest BCUT2D eigenvalue weighted by Gasteiger charge is 2.17. The normalized spacial score (nSPS) is 21.1. The fourth-order valence-corrected chi connectivity index (χ4v) is 3.25. The summed E-state index contributed by atoms with van der Waals surface area (Å²) in [5, 5.41) is 6.47. The first kappa shape index (κ1) is 20.2. The fraction of sp³-hybridized carbons (Fsp3) is 0.588. The van der Waals surface area contributed by atoms with Gasteiger partial charge in [-0.05, 0) is 63.0 Å². The lowest BCUT2D eigenvalue weighted by Gasteiger charge is -2.24. The zero-order valence-electron chi connectivity index (χ0n) is 13.4. The minimum absolute atomic E-state index is 0. The maximum Gasteiger partial charge on any atom is 0.251 e. The molecule has 4 nitrogen and oxygen atoms in total. The predicted octanol–water partition coefficient (Wildman–Crippen LogP) is 2.61. The van der Waals surface area contributed by atoms with Gasteiger partial charge in [0, 0.05) is 24.7 Å². The van der Waals surface area contributed by atoms with Gasteiger partial charge in [0.25, 0.3) is 5.91 Å². The Morgan fingerprint density at radius 2 is 2.00 bits per heavy atom. The van der Waals surface area contributed by atoms with Crippen molar-refractivity contribution in [1.82, 2.24) is 15.5 Å². The maximum absolute atomic E-state index is 12.3. The zero-order chi connectivity index (χ0) is 14.5. The third-order valence-corrected chi connectivity index (χ3v) is 4.43. The molecule has 2 N–H and O–H groups in total. The molecule has 2 aliphatic heterocycles. The summed E-state index contributed by atoms with van der Waals surface area (Å²) < 4.78 is 0. The number of nitrogens with zero attached hydrogens (tertiary/aromatic N) is 1. The summed E-state index contributed by atoms with van der Waals surface area (Å²) >= 11 is 0. The number of rotatable bonds is 4. The van der Waals surface area contributed by atoms with Crippen LogP contribution in [0.4, 0.5) is 0 Å². The second kappa shape index (κ2) is 10.1. The van der Waals surface area contributed by atoms with Gasteiger partial charge in [0.05, 0.1) is 0 Å².